The summed E-state index contributed by atoms with van der Waals surface area (Å²) in [5.74, 6) is -0.531. The Bertz CT molecular complexity index is 595. The molecule has 0 bridgehead atoms. The molecule has 0 aromatic heterocycles. The van der Waals surface area contributed by atoms with Gasteiger partial charge in [-0.1, -0.05) is 53.2 Å². The molecule has 4 heteroatoms. The van der Waals surface area contributed by atoms with E-state index < -0.39 is 0 Å². The zero-order chi connectivity index (χ0) is 15.2. The normalized spacial score (nSPS) is 12.0. The number of rotatable bonds is 5. The van der Waals surface area contributed by atoms with Crippen LogP contribution < -0.4 is 5.32 Å². The minimum absolute atomic E-state index is 0.0379. The van der Waals surface area contributed by atoms with Gasteiger partial charge in [0, 0.05) is 11.0 Å². The first-order chi connectivity index (χ1) is 10.1. The monoisotopic (exact) mass is 349 g/mol. The fourth-order valence-corrected chi connectivity index (χ4v) is 2.80. The zero-order valence-corrected chi connectivity index (χ0v) is 13.4. The molecule has 2 nitrogen and oxygen atoms in total. The van der Waals surface area contributed by atoms with Crippen LogP contribution in [0, 0.1) is 5.82 Å². The van der Waals surface area contributed by atoms with Crippen molar-refractivity contribution in [2.24, 2.45) is 0 Å². The second kappa shape index (κ2) is 7.36. The highest BCUT2D eigenvalue weighted by Gasteiger charge is 2.17. The van der Waals surface area contributed by atoms with Crippen molar-refractivity contribution in [2.45, 2.75) is 25.8 Å². The van der Waals surface area contributed by atoms with Crippen molar-refractivity contribution in [3.63, 3.8) is 0 Å². The Balaban J connectivity index is 2.03. The molecule has 0 aliphatic heterocycles. The van der Waals surface area contributed by atoms with Gasteiger partial charge in [0.05, 0.1) is 5.92 Å². The maximum absolute atomic E-state index is 13.3. The fourth-order valence-electron chi connectivity index (χ4n) is 2.28. The predicted octanol–water partition coefficient (Wildman–Crippen LogP) is 4.40. The topological polar surface area (TPSA) is 29.1 Å². The summed E-state index contributed by atoms with van der Waals surface area (Å²) < 4.78 is 14.0. The highest BCUT2D eigenvalue weighted by atomic mass is 79.9. The van der Waals surface area contributed by atoms with Gasteiger partial charge in [-0.05, 0) is 35.7 Å². The maximum atomic E-state index is 13.3. The molecule has 1 unspecified atom stereocenters. The van der Waals surface area contributed by atoms with Crippen molar-refractivity contribution in [1.82, 2.24) is 5.32 Å². The van der Waals surface area contributed by atoms with E-state index in [1.54, 1.807) is 6.07 Å². The van der Waals surface area contributed by atoms with Crippen molar-refractivity contribution in [3.05, 3.63) is 69.9 Å². The Morgan fingerprint density at radius 1 is 1.24 bits per heavy atom. The smallest absolute Gasteiger partial charge is 0.227 e. The SMILES string of the molecule is CCC(C(=O)NCc1cc(F)cc(Br)c1)c1ccccc1. The largest absolute Gasteiger partial charge is 0.351 e. The molecule has 1 N–H and O–H groups in total. The summed E-state index contributed by atoms with van der Waals surface area (Å²) in [4.78, 5) is 12.3. The molecule has 0 fully saturated rings. The molecule has 0 saturated heterocycles. The Hall–Kier alpha value is -1.68. The summed E-state index contributed by atoms with van der Waals surface area (Å²) >= 11 is 3.25. The molecule has 110 valence electrons. The molecule has 0 radical (unpaired) electrons. The first-order valence-corrected chi connectivity index (χ1v) is 7.67. The average molecular weight is 350 g/mol. The van der Waals surface area contributed by atoms with Crippen molar-refractivity contribution in [2.75, 3.05) is 0 Å². The highest BCUT2D eigenvalue weighted by molar-refractivity contribution is 9.10. The van der Waals surface area contributed by atoms with Crippen LogP contribution in [0.4, 0.5) is 4.39 Å². The van der Waals surface area contributed by atoms with Gasteiger partial charge in [0.15, 0.2) is 0 Å². The van der Waals surface area contributed by atoms with Gasteiger partial charge in [-0.3, -0.25) is 4.79 Å². The van der Waals surface area contributed by atoms with Crippen LogP contribution in [0.5, 0.6) is 0 Å². The average Bonchev–Trinajstić information content (AvgIpc) is 2.46. The van der Waals surface area contributed by atoms with Crippen molar-refractivity contribution in [3.8, 4) is 0 Å². The van der Waals surface area contributed by atoms with Crippen molar-refractivity contribution in [1.29, 1.82) is 0 Å². The van der Waals surface area contributed by atoms with Crippen LogP contribution in [0.15, 0.2) is 53.0 Å². The third-order valence-electron chi connectivity index (χ3n) is 3.32. The lowest BCUT2D eigenvalue weighted by Crippen LogP contribution is -2.28. The summed E-state index contributed by atoms with van der Waals surface area (Å²) in [5.41, 5.74) is 1.73. The van der Waals surface area contributed by atoms with Gasteiger partial charge in [0.2, 0.25) is 5.91 Å². The van der Waals surface area contributed by atoms with Gasteiger partial charge < -0.3 is 5.32 Å². The Kier molecular flexibility index (Phi) is 5.51. The Morgan fingerprint density at radius 3 is 2.57 bits per heavy atom. The molecule has 0 spiro atoms. The van der Waals surface area contributed by atoms with Gasteiger partial charge in [0.25, 0.3) is 0 Å². The van der Waals surface area contributed by atoms with Crippen molar-refractivity contribution < 1.29 is 9.18 Å². The number of benzene rings is 2. The summed E-state index contributed by atoms with van der Waals surface area (Å²) in [6, 6.07) is 14.3. The molecule has 2 aromatic rings. The van der Waals surface area contributed by atoms with Gasteiger partial charge in [-0.2, -0.15) is 0 Å². The third-order valence-corrected chi connectivity index (χ3v) is 3.77. The number of nitrogens with one attached hydrogen (secondary N) is 1. The number of hydrogen-bond acceptors (Lipinski definition) is 1. The first kappa shape index (κ1) is 15.7. The minimum atomic E-state index is -0.316. The molecular formula is C17H17BrFNO. The number of carbonyl (C=O) groups excluding carboxylic acids is 1. The Morgan fingerprint density at radius 2 is 1.95 bits per heavy atom. The highest BCUT2D eigenvalue weighted by Crippen LogP contribution is 2.20. The first-order valence-electron chi connectivity index (χ1n) is 6.87. The molecule has 1 atom stereocenters. The van der Waals surface area contributed by atoms with Crippen LogP contribution in [0.25, 0.3) is 0 Å². The number of halogens is 2. The van der Waals surface area contributed by atoms with Crippen LogP contribution in [0.2, 0.25) is 0 Å². The van der Waals surface area contributed by atoms with E-state index in [-0.39, 0.29) is 17.6 Å². The zero-order valence-electron chi connectivity index (χ0n) is 11.8. The maximum Gasteiger partial charge on any atom is 0.227 e. The summed E-state index contributed by atoms with van der Waals surface area (Å²) in [5, 5.41) is 2.88. The summed E-state index contributed by atoms with van der Waals surface area (Å²) in [6.45, 7) is 2.30. The van der Waals surface area contributed by atoms with E-state index in [0.717, 1.165) is 17.5 Å². The number of hydrogen-bond donors (Lipinski definition) is 1. The summed E-state index contributed by atoms with van der Waals surface area (Å²) in [6.07, 6.45) is 0.725. The molecule has 0 saturated carbocycles. The van der Waals surface area contributed by atoms with Crippen LogP contribution >= 0.6 is 15.9 Å². The quantitative estimate of drug-likeness (QED) is 0.851. The second-order valence-corrected chi connectivity index (χ2v) is 5.78. The molecule has 0 aliphatic rings. The van der Waals surface area contributed by atoms with E-state index in [1.807, 2.05) is 37.3 Å². The van der Waals surface area contributed by atoms with Gasteiger partial charge in [0.1, 0.15) is 5.82 Å². The molecule has 2 rings (SSSR count). The van der Waals surface area contributed by atoms with E-state index in [9.17, 15) is 9.18 Å². The van der Waals surface area contributed by atoms with E-state index in [4.69, 9.17) is 0 Å². The molecule has 0 heterocycles. The fraction of sp³-hybridized carbons (Fsp3) is 0.235. The molecular weight excluding hydrogens is 333 g/mol. The second-order valence-electron chi connectivity index (χ2n) is 4.87. The van der Waals surface area contributed by atoms with Gasteiger partial charge in [-0.15, -0.1) is 0 Å². The third kappa shape index (κ3) is 4.39. The standard InChI is InChI=1S/C17H17BrFNO/c1-2-16(13-6-4-3-5-7-13)17(21)20-11-12-8-14(18)10-15(19)9-12/h3-10,16H,2,11H2,1H3,(H,20,21). The van der Waals surface area contributed by atoms with Gasteiger partial charge >= 0.3 is 0 Å². The van der Waals surface area contributed by atoms with Crippen LogP contribution in [-0.4, -0.2) is 5.91 Å². The Labute approximate surface area is 132 Å². The van der Waals surface area contributed by atoms with Crippen LogP contribution in [-0.2, 0) is 11.3 Å². The van der Waals surface area contributed by atoms with Gasteiger partial charge in [-0.25, -0.2) is 4.39 Å². The van der Waals surface area contributed by atoms with E-state index in [2.05, 4.69) is 21.2 Å². The van der Waals surface area contributed by atoms with Crippen LogP contribution in [0.3, 0.4) is 0 Å². The lowest BCUT2D eigenvalue weighted by molar-refractivity contribution is -0.122. The molecule has 21 heavy (non-hydrogen) atoms. The predicted molar refractivity (Wildman–Crippen MR) is 85.4 cm³/mol. The van der Waals surface area contributed by atoms with E-state index in [1.165, 1.54) is 12.1 Å². The number of amides is 1. The van der Waals surface area contributed by atoms with Crippen molar-refractivity contribution >= 4 is 21.8 Å². The van der Waals surface area contributed by atoms with E-state index >= 15 is 0 Å². The minimum Gasteiger partial charge on any atom is -0.351 e. The lowest BCUT2D eigenvalue weighted by atomic mass is 9.95. The lowest BCUT2D eigenvalue weighted by Gasteiger charge is -2.15. The molecule has 0 aliphatic carbocycles. The molecule has 2 aromatic carbocycles. The van der Waals surface area contributed by atoms with Crippen LogP contribution in [0.1, 0.15) is 30.4 Å². The summed E-state index contributed by atoms with van der Waals surface area (Å²) in [7, 11) is 0. The van der Waals surface area contributed by atoms with E-state index in [0.29, 0.717) is 11.0 Å². The number of carbonyl (C=O) groups is 1. The molecule has 1 amide bonds.